The normalized spacial score (nSPS) is 18.7. The van der Waals surface area contributed by atoms with Gasteiger partial charge in [-0.3, -0.25) is 0 Å². The maximum atomic E-state index is 5.95. The molecule has 3 heterocycles. The molecular weight excluding hydrogens is 298 g/mol. The van der Waals surface area contributed by atoms with Crippen LogP contribution in [0.4, 0.5) is 0 Å². The molecule has 0 amide bonds. The Hall–Kier alpha value is -1.98. The van der Waals surface area contributed by atoms with Crippen molar-refractivity contribution in [3.8, 4) is 11.3 Å². The smallest absolute Gasteiger partial charge is 0.177 e. The van der Waals surface area contributed by atoms with Gasteiger partial charge in [0.05, 0.1) is 5.69 Å². The number of rotatable bonds is 2. The lowest BCUT2D eigenvalue weighted by atomic mass is 9.99. The van der Waals surface area contributed by atoms with Crippen molar-refractivity contribution in [2.75, 3.05) is 13.1 Å². The van der Waals surface area contributed by atoms with Gasteiger partial charge in [-0.25, -0.2) is 0 Å². The summed E-state index contributed by atoms with van der Waals surface area (Å²) in [5.41, 5.74) is 2.72. The number of fused-ring (bicyclic) bond motifs is 1. The molecular formula is C16H16ClN5. The van der Waals surface area contributed by atoms with Crippen LogP contribution in [-0.4, -0.2) is 32.9 Å². The summed E-state index contributed by atoms with van der Waals surface area (Å²) in [4.78, 5) is 0. The third kappa shape index (κ3) is 2.46. The molecule has 6 heteroatoms. The van der Waals surface area contributed by atoms with E-state index in [1.807, 2.05) is 40.9 Å². The van der Waals surface area contributed by atoms with Crippen LogP contribution >= 0.6 is 11.6 Å². The SMILES string of the molecule is Clc1ccc(-c2ccc3nnc(C4CCCNC4)n3n2)cc1. The number of benzene rings is 1. The van der Waals surface area contributed by atoms with Gasteiger partial charge in [-0.15, -0.1) is 10.2 Å². The molecule has 1 saturated heterocycles. The first-order chi connectivity index (χ1) is 10.8. The minimum atomic E-state index is 0.372. The zero-order chi connectivity index (χ0) is 14.9. The Morgan fingerprint density at radius 2 is 1.95 bits per heavy atom. The largest absolute Gasteiger partial charge is 0.316 e. The van der Waals surface area contributed by atoms with Crippen LogP contribution in [0.3, 0.4) is 0 Å². The molecule has 0 spiro atoms. The third-order valence-electron chi connectivity index (χ3n) is 4.09. The fraction of sp³-hybridized carbons (Fsp3) is 0.312. The van der Waals surface area contributed by atoms with Crippen molar-refractivity contribution in [1.82, 2.24) is 25.1 Å². The molecule has 3 aromatic rings. The average molecular weight is 314 g/mol. The number of aromatic nitrogens is 4. The van der Waals surface area contributed by atoms with E-state index < -0.39 is 0 Å². The van der Waals surface area contributed by atoms with E-state index >= 15 is 0 Å². The van der Waals surface area contributed by atoms with Crippen LogP contribution in [0.15, 0.2) is 36.4 Å². The lowest BCUT2D eigenvalue weighted by molar-refractivity contribution is 0.440. The van der Waals surface area contributed by atoms with Crippen LogP contribution < -0.4 is 5.32 Å². The first kappa shape index (κ1) is 13.7. The Balaban J connectivity index is 1.77. The molecule has 1 N–H and O–H groups in total. The standard InChI is InChI=1S/C16H16ClN5/c17-13-5-3-11(4-6-13)14-7-8-15-19-20-16(22(15)21-14)12-2-1-9-18-10-12/h3-8,12,18H,1-2,9-10H2. The van der Waals surface area contributed by atoms with Gasteiger partial charge >= 0.3 is 0 Å². The summed E-state index contributed by atoms with van der Waals surface area (Å²) < 4.78 is 1.88. The van der Waals surface area contributed by atoms with E-state index in [9.17, 15) is 0 Å². The summed E-state index contributed by atoms with van der Waals surface area (Å²) in [6.45, 7) is 2.02. The summed E-state index contributed by atoms with van der Waals surface area (Å²) in [5, 5.41) is 17.5. The number of piperidine rings is 1. The highest BCUT2D eigenvalue weighted by Gasteiger charge is 2.21. The fourth-order valence-corrected chi connectivity index (χ4v) is 3.03. The number of nitrogens with zero attached hydrogens (tertiary/aromatic N) is 4. The van der Waals surface area contributed by atoms with Crippen LogP contribution in [0.25, 0.3) is 16.9 Å². The van der Waals surface area contributed by atoms with E-state index in [0.717, 1.165) is 53.7 Å². The number of nitrogens with one attached hydrogen (secondary N) is 1. The topological polar surface area (TPSA) is 55.1 Å². The summed E-state index contributed by atoms with van der Waals surface area (Å²) in [7, 11) is 0. The maximum absolute atomic E-state index is 5.95. The third-order valence-corrected chi connectivity index (χ3v) is 4.34. The van der Waals surface area contributed by atoms with E-state index in [4.69, 9.17) is 16.7 Å². The van der Waals surface area contributed by atoms with Gasteiger partial charge in [-0.1, -0.05) is 23.7 Å². The van der Waals surface area contributed by atoms with Crippen LogP contribution in [0.1, 0.15) is 24.6 Å². The Morgan fingerprint density at radius 1 is 1.09 bits per heavy atom. The molecule has 22 heavy (non-hydrogen) atoms. The van der Waals surface area contributed by atoms with Crippen LogP contribution in [-0.2, 0) is 0 Å². The first-order valence-corrected chi connectivity index (χ1v) is 7.88. The zero-order valence-corrected chi connectivity index (χ0v) is 12.8. The summed E-state index contributed by atoms with van der Waals surface area (Å²) in [5.74, 6) is 1.31. The molecule has 1 aromatic carbocycles. The monoisotopic (exact) mass is 313 g/mol. The molecule has 1 aliphatic heterocycles. The van der Waals surface area contributed by atoms with Crippen molar-refractivity contribution >= 4 is 17.2 Å². The lowest BCUT2D eigenvalue weighted by Gasteiger charge is -2.20. The predicted molar refractivity (Wildman–Crippen MR) is 86.1 cm³/mol. The van der Waals surface area contributed by atoms with Crippen LogP contribution in [0, 0.1) is 0 Å². The fourth-order valence-electron chi connectivity index (χ4n) is 2.91. The summed E-state index contributed by atoms with van der Waals surface area (Å²) in [6, 6.07) is 11.6. The molecule has 0 saturated carbocycles. The van der Waals surface area contributed by atoms with Crippen LogP contribution in [0.5, 0.6) is 0 Å². The van der Waals surface area contributed by atoms with Gasteiger partial charge in [-0.2, -0.15) is 9.61 Å². The van der Waals surface area contributed by atoms with Gasteiger partial charge in [0.2, 0.25) is 0 Å². The Morgan fingerprint density at radius 3 is 2.73 bits per heavy atom. The van der Waals surface area contributed by atoms with Crippen molar-refractivity contribution in [2.24, 2.45) is 0 Å². The number of hydrogen-bond donors (Lipinski definition) is 1. The second-order valence-electron chi connectivity index (χ2n) is 5.60. The highest BCUT2D eigenvalue weighted by molar-refractivity contribution is 6.30. The summed E-state index contributed by atoms with van der Waals surface area (Å²) >= 11 is 5.95. The Labute approximate surface area is 133 Å². The second kappa shape index (κ2) is 5.66. The van der Waals surface area contributed by atoms with Gasteiger partial charge < -0.3 is 5.32 Å². The van der Waals surface area contributed by atoms with Gasteiger partial charge in [-0.05, 0) is 43.7 Å². The van der Waals surface area contributed by atoms with E-state index in [2.05, 4.69) is 15.5 Å². The quantitative estimate of drug-likeness (QED) is 0.790. The van der Waals surface area contributed by atoms with Crippen molar-refractivity contribution in [3.63, 3.8) is 0 Å². The first-order valence-electron chi connectivity index (χ1n) is 7.50. The number of hydrogen-bond acceptors (Lipinski definition) is 4. The molecule has 0 bridgehead atoms. The molecule has 4 rings (SSSR count). The maximum Gasteiger partial charge on any atom is 0.177 e. The molecule has 2 aromatic heterocycles. The van der Waals surface area contributed by atoms with E-state index in [0.29, 0.717) is 5.92 Å². The van der Waals surface area contributed by atoms with Crippen molar-refractivity contribution in [2.45, 2.75) is 18.8 Å². The van der Waals surface area contributed by atoms with E-state index in [1.54, 1.807) is 0 Å². The van der Waals surface area contributed by atoms with Gasteiger partial charge in [0.25, 0.3) is 0 Å². The van der Waals surface area contributed by atoms with Crippen molar-refractivity contribution in [3.05, 3.63) is 47.2 Å². The molecule has 5 nitrogen and oxygen atoms in total. The van der Waals surface area contributed by atoms with Gasteiger partial charge in [0, 0.05) is 23.0 Å². The minimum Gasteiger partial charge on any atom is -0.316 e. The molecule has 1 aliphatic rings. The minimum absolute atomic E-state index is 0.372. The highest BCUT2D eigenvalue weighted by Crippen LogP contribution is 2.24. The average Bonchev–Trinajstić information content (AvgIpc) is 2.99. The molecule has 0 radical (unpaired) electrons. The van der Waals surface area contributed by atoms with Gasteiger partial charge in [0.15, 0.2) is 11.5 Å². The molecule has 1 atom stereocenters. The zero-order valence-electron chi connectivity index (χ0n) is 12.0. The number of halogens is 1. The van der Waals surface area contributed by atoms with E-state index in [-0.39, 0.29) is 0 Å². The predicted octanol–water partition coefficient (Wildman–Crippen LogP) is 2.91. The molecule has 0 aliphatic carbocycles. The molecule has 1 unspecified atom stereocenters. The lowest BCUT2D eigenvalue weighted by Crippen LogP contribution is -2.29. The molecule has 112 valence electrons. The highest BCUT2D eigenvalue weighted by atomic mass is 35.5. The summed E-state index contributed by atoms with van der Waals surface area (Å²) in [6.07, 6.45) is 2.29. The molecule has 1 fully saturated rings. The van der Waals surface area contributed by atoms with Crippen molar-refractivity contribution < 1.29 is 0 Å². The van der Waals surface area contributed by atoms with Crippen molar-refractivity contribution in [1.29, 1.82) is 0 Å². The second-order valence-corrected chi connectivity index (χ2v) is 6.03. The Bertz CT molecular complexity index is 790. The van der Waals surface area contributed by atoms with Gasteiger partial charge in [0.1, 0.15) is 0 Å². The Kier molecular flexibility index (Phi) is 3.52. The van der Waals surface area contributed by atoms with Crippen LogP contribution in [0.2, 0.25) is 5.02 Å². The van der Waals surface area contributed by atoms with E-state index in [1.165, 1.54) is 0 Å².